The van der Waals surface area contributed by atoms with E-state index in [4.69, 9.17) is 10.00 Å². The van der Waals surface area contributed by atoms with Crippen LogP contribution in [0.1, 0.15) is 5.56 Å². The first-order chi connectivity index (χ1) is 11.4. The van der Waals surface area contributed by atoms with Crippen LogP contribution in [0.25, 0.3) is 0 Å². The van der Waals surface area contributed by atoms with E-state index in [9.17, 15) is 13.2 Å². The Hall–Kier alpha value is -3.05. The number of sulfonamides is 1. The number of nitriles is 1. The molecule has 2 aromatic carbocycles. The smallest absolute Gasteiger partial charge is 0.264 e. The van der Waals surface area contributed by atoms with Crippen LogP contribution in [0, 0.1) is 11.3 Å². The average molecular weight is 343 g/mol. The summed E-state index contributed by atoms with van der Waals surface area (Å²) >= 11 is 0. The highest BCUT2D eigenvalue weighted by Gasteiger charge is 2.24. The van der Waals surface area contributed by atoms with Crippen LogP contribution < -0.4 is 14.4 Å². The Labute approximate surface area is 139 Å². The van der Waals surface area contributed by atoms with Crippen molar-refractivity contribution in [1.29, 1.82) is 5.26 Å². The first kappa shape index (κ1) is 15.8. The molecule has 1 heterocycles. The minimum Gasteiger partial charge on any atom is -0.482 e. The maximum atomic E-state index is 12.5. The van der Waals surface area contributed by atoms with E-state index in [-0.39, 0.29) is 28.7 Å². The first-order valence-corrected chi connectivity index (χ1v) is 8.46. The lowest BCUT2D eigenvalue weighted by Crippen LogP contribution is -2.35. The number of fused-ring (bicyclic) bond motifs is 1. The van der Waals surface area contributed by atoms with E-state index in [1.807, 2.05) is 6.07 Å². The molecule has 0 unspecified atom stereocenters. The quantitative estimate of drug-likeness (QED) is 0.914. The van der Waals surface area contributed by atoms with Crippen molar-refractivity contribution < 1.29 is 17.9 Å². The van der Waals surface area contributed by atoms with Crippen LogP contribution in [0.2, 0.25) is 0 Å². The molecule has 24 heavy (non-hydrogen) atoms. The molecule has 1 amide bonds. The highest BCUT2D eigenvalue weighted by atomic mass is 32.2. The van der Waals surface area contributed by atoms with E-state index >= 15 is 0 Å². The average Bonchev–Trinajstić information content (AvgIpc) is 2.58. The molecule has 0 radical (unpaired) electrons. The number of benzene rings is 2. The molecule has 122 valence electrons. The lowest BCUT2D eigenvalue weighted by atomic mass is 10.2. The summed E-state index contributed by atoms with van der Waals surface area (Å²) in [7, 11) is -2.34. The second-order valence-corrected chi connectivity index (χ2v) is 6.79. The van der Waals surface area contributed by atoms with Gasteiger partial charge in [-0.3, -0.25) is 9.52 Å². The SMILES string of the molecule is CN1C(=O)COc2ccc(NS(=O)(=O)c3ccccc3C#N)cc21. The summed E-state index contributed by atoms with van der Waals surface area (Å²) in [6.07, 6.45) is 0. The summed E-state index contributed by atoms with van der Waals surface area (Å²) in [5.74, 6) is 0.273. The Morgan fingerprint density at radius 2 is 2.00 bits per heavy atom. The third-order valence-corrected chi connectivity index (χ3v) is 5.03. The number of hydrogen-bond donors (Lipinski definition) is 1. The molecule has 0 fully saturated rings. The summed E-state index contributed by atoms with van der Waals surface area (Å²) in [5, 5.41) is 9.07. The maximum Gasteiger partial charge on any atom is 0.264 e. The molecule has 0 saturated carbocycles. The van der Waals surface area contributed by atoms with Crippen LogP contribution in [-0.4, -0.2) is 28.0 Å². The second kappa shape index (κ2) is 5.86. The van der Waals surface area contributed by atoms with Crippen LogP contribution in [0.5, 0.6) is 5.75 Å². The standard InChI is InChI=1S/C16H13N3O4S/c1-19-13-8-12(6-7-14(13)23-10-16(19)20)18-24(21,22)15-5-3-2-4-11(15)9-17/h2-8,18H,10H2,1H3. The number of carbonyl (C=O) groups excluding carboxylic acids is 1. The Balaban J connectivity index is 1.97. The van der Waals surface area contributed by atoms with Gasteiger partial charge in [-0.1, -0.05) is 12.1 Å². The number of ether oxygens (including phenoxy) is 1. The molecule has 7 nitrogen and oxygen atoms in total. The molecule has 0 atom stereocenters. The zero-order valence-corrected chi connectivity index (χ0v) is 13.5. The number of rotatable bonds is 3. The van der Waals surface area contributed by atoms with Gasteiger partial charge in [0.15, 0.2) is 6.61 Å². The van der Waals surface area contributed by atoms with Gasteiger partial charge in [-0.2, -0.15) is 5.26 Å². The van der Waals surface area contributed by atoms with Gasteiger partial charge in [0, 0.05) is 7.05 Å². The molecular formula is C16H13N3O4S. The largest absolute Gasteiger partial charge is 0.482 e. The molecule has 1 aliphatic heterocycles. The van der Waals surface area contributed by atoms with Crippen molar-refractivity contribution in [3.8, 4) is 11.8 Å². The van der Waals surface area contributed by atoms with Gasteiger partial charge in [-0.05, 0) is 30.3 Å². The van der Waals surface area contributed by atoms with Gasteiger partial charge < -0.3 is 9.64 Å². The lowest BCUT2D eigenvalue weighted by molar-refractivity contribution is -0.120. The fourth-order valence-corrected chi connectivity index (χ4v) is 3.55. The number of carbonyl (C=O) groups is 1. The van der Waals surface area contributed by atoms with Gasteiger partial charge in [0.25, 0.3) is 15.9 Å². The zero-order valence-electron chi connectivity index (χ0n) is 12.7. The Morgan fingerprint density at radius 1 is 1.25 bits per heavy atom. The van der Waals surface area contributed by atoms with E-state index in [0.29, 0.717) is 11.4 Å². The van der Waals surface area contributed by atoms with Gasteiger partial charge in [-0.25, -0.2) is 8.42 Å². The molecule has 3 rings (SSSR count). The Bertz CT molecular complexity index is 964. The number of amides is 1. The van der Waals surface area contributed by atoms with Gasteiger partial charge >= 0.3 is 0 Å². The maximum absolute atomic E-state index is 12.5. The fourth-order valence-electron chi connectivity index (χ4n) is 2.34. The van der Waals surface area contributed by atoms with E-state index in [2.05, 4.69) is 4.72 Å². The van der Waals surface area contributed by atoms with Crippen LogP contribution in [0.3, 0.4) is 0 Å². The third kappa shape index (κ3) is 2.77. The molecule has 1 aliphatic rings. The number of nitrogens with one attached hydrogen (secondary N) is 1. The van der Waals surface area contributed by atoms with Crippen LogP contribution >= 0.6 is 0 Å². The van der Waals surface area contributed by atoms with Crippen molar-refractivity contribution >= 4 is 27.3 Å². The number of nitrogens with zero attached hydrogens (tertiary/aromatic N) is 2. The normalized spacial score (nSPS) is 13.7. The number of hydrogen-bond acceptors (Lipinski definition) is 5. The van der Waals surface area contributed by atoms with Crippen molar-refractivity contribution in [2.75, 3.05) is 23.3 Å². The molecule has 2 aromatic rings. The van der Waals surface area contributed by atoms with Gasteiger partial charge in [0.1, 0.15) is 16.7 Å². The zero-order chi connectivity index (χ0) is 17.3. The minimum atomic E-state index is -3.93. The van der Waals surface area contributed by atoms with Crippen LogP contribution in [0.4, 0.5) is 11.4 Å². The van der Waals surface area contributed by atoms with Gasteiger partial charge in [-0.15, -0.1) is 0 Å². The second-order valence-electron chi connectivity index (χ2n) is 5.14. The summed E-state index contributed by atoms with van der Waals surface area (Å²) in [4.78, 5) is 13.0. The van der Waals surface area contributed by atoms with Crippen LogP contribution in [-0.2, 0) is 14.8 Å². The van der Waals surface area contributed by atoms with Gasteiger partial charge in [0.05, 0.1) is 16.9 Å². The van der Waals surface area contributed by atoms with Crippen molar-refractivity contribution in [2.24, 2.45) is 0 Å². The topological polar surface area (TPSA) is 99.5 Å². The third-order valence-electron chi connectivity index (χ3n) is 3.59. The number of likely N-dealkylation sites (N-methyl/N-ethyl adjacent to an activating group) is 1. The van der Waals surface area contributed by atoms with E-state index in [1.54, 1.807) is 25.2 Å². The van der Waals surface area contributed by atoms with Crippen molar-refractivity contribution in [3.05, 3.63) is 48.0 Å². The highest BCUT2D eigenvalue weighted by Crippen LogP contribution is 2.34. The molecule has 0 saturated heterocycles. The van der Waals surface area contributed by atoms with Crippen molar-refractivity contribution in [3.63, 3.8) is 0 Å². The van der Waals surface area contributed by atoms with Crippen LogP contribution in [0.15, 0.2) is 47.4 Å². The molecular weight excluding hydrogens is 330 g/mol. The predicted molar refractivity (Wildman–Crippen MR) is 87.3 cm³/mol. The lowest BCUT2D eigenvalue weighted by Gasteiger charge is -2.26. The minimum absolute atomic E-state index is 0.0515. The predicted octanol–water partition coefficient (Wildman–Crippen LogP) is 1.71. The fraction of sp³-hybridized carbons (Fsp3) is 0.125. The Morgan fingerprint density at radius 3 is 2.75 bits per heavy atom. The van der Waals surface area contributed by atoms with Gasteiger partial charge in [0.2, 0.25) is 0 Å². The summed E-state index contributed by atoms with van der Waals surface area (Å²) in [5.41, 5.74) is 0.797. The molecule has 8 heteroatoms. The molecule has 0 spiro atoms. The summed E-state index contributed by atoms with van der Waals surface area (Å²) < 4.78 is 32.8. The monoisotopic (exact) mass is 343 g/mol. The van der Waals surface area contributed by atoms with E-state index in [1.165, 1.54) is 29.2 Å². The number of anilines is 2. The Kier molecular flexibility index (Phi) is 3.87. The van der Waals surface area contributed by atoms with Crippen molar-refractivity contribution in [2.45, 2.75) is 4.90 Å². The molecule has 1 N–H and O–H groups in total. The van der Waals surface area contributed by atoms with E-state index in [0.717, 1.165) is 0 Å². The summed E-state index contributed by atoms with van der Waals surface area (Å²) in [6.45, 7) is -0.0515. The van der Waals surface area contributed by atoms with E-state index < -0.39 is 10.0 Å². The molecule has 0 bridgehead atoms. The summed E-state index contributed by atoms with van der Waals surface area (Å²) in [6, 6.07) is 12.4. The first-order valence-electron chi connectivity index (χ1n) is 6.98. The molecule has 0 aliphatic carbocycles. The molecule has 0 aromatic heterocycles. The van der Waals surface area contributed by atoms with Crippen molar-refractivity contribution in [1.82, 2.24) is 0 Å². The highest BCUT2D eigenvalue weighted by molar-refractivity contribution is 7.92.